The Morgan fingerprint density at radius 1 is 1.83 bits per heavy atom. The molecule has 0 bridgehead atoms. The number of carbonyl (C=O) groups is 1. The average molecular weight is 112 g/mol. The van der Waals surface area contributed by atoms with Gasteiger partial charge in [-0.25, -0.2) is 4.79 Å². The van der Waals surface area contributed by atoms with E-state index in [0.717, 1.165) is 0 Å². The molecule has 0 fully saturated rings. The van der Waals surface area contributed by atoms with Crippen molar-refractivity contribution in [2.45, 2.75) is 0 Å². The number of carbonyl (C=O) groups excluding carboxylic acids is 1. The number of rotatable bonds is 1. The largest absolute Gasteiger partial charge is 0.381 e. The summed E-state index contributed by atoms with van der Waals surface area (Å²) in [5.74, 6) is -2.14. The summed E-state index contributed by atoms with van der Waals surface area (Å²) < 4.78 is 19.8. The summed E-state index contributed by atoms with van der Waals surface area (Å²) in [6.45, 7) is 0. The monoisotopic (exact) mass is 112 g/mol. The highest BCUT2D eigenvalue weighted by Gasteiger charge is 2.00. The third-order valence-electron chi connectivity index (χ3n) is 0.168. The topological polar surface area (TPSA) is 54.4 Å². The lowest BCUT2D eigenvalue weighted by atomic mass is 11.7. The van der Waals surface area contributed by atoms with Crippen LogP contribution in [0.3, 0.4) is 0 Å². The molecule has 5 heteroatoms. The molecule has 0 aromatic heterocycles. The van der Waals surface area contributed by atoms with Crippen molar-refractivity contribution in [2.75, 3.05) is 0 Å². The molecule has 0 aliphatic rings. The highest BCUT2D eigenvalue weighted by molar-refractivity contribution is 7.57. The fourth-order valence-electron chi connectivity index (χ4n) is 0. The fraction of sp³-hybridized carbons (Fsp3) is 0. The van der Waals surface area contributed by atoms with Gasteiger partial charge in [-0.1, -0.05) is 0 Å². The highest BCUT2D eigenvalue weighted by atomic mass is 31.1. The van der Waals surface area contributed by atoms with Crippen molar-refractivity contribution in [3.05, 3.63) is 0 Å². The van der Waals surface area contributed by atoms with Gasteiger partial charge in [0.25, 0.3) is 8.03 Å². The molecule has 0 aliphatic carbocycles. The van der Waals surface area contributed by atoms with Gasteiger partial charge < -0.3 is 4.89 Å². The minimum atomic E-state index is -3.51. The number of hydrogen-bond donors (Lipinski definition) is 1. The standard InChI is InChI=1S/CH2FO3P/c2-1(3)6(4)5/h6H,(H,4,5). The SMILES string of the molecule is O=C(F)[PH](=O)O. The van der Waals surface area contributed by atoms with E-state index >= 15 is 0 Å². The van der Waals surface area contributed by atoms with Gasteiger partial charge in [0.2, 0.25) is 0 Å². The van der Waals surface area contributed by atoms with Gasteiger partial charge >= 0.3 is 5.78 Å². The Bertz CT molecular complexity index is 76.8. The van der Waals surface area contributed by atoms with E-state index in [1.807, 2.05) is 0 Å². The molecule has 36 valence electrons. The van der Waals surface area contributed by atoms with Gasteiger partial charge in [-0.05, 0) is 0 Å². The molecule has 1 atom stereocenters. The van der Waals surface area contributed by atoms with E-state index in [1.165, 1.54) is 0 Å². The average Bonchev–Trinajstić information content (AvgIpc) is 1.36. The normalized spacial score (nSPS) is 13.7. The van der Waals surface area contributed by atoms with Crippen LogP contribution < -0.4 is 0 Å². The van der Waals surface area contributed by atoms with Crippen LogP contribution in [-0.2, 0) is 4.57 Å². The molecule has 0 spiro atoms. The predicted molar refractivity (Wildman–Crippen MR) is 17.7 cm³/mol. The van der Waals surface area contributed by atoms with E-state index in [9.17, 15) is 4.39 Å². The van der Waals surface area contributed by atoms with Gasteiger partial charge in [0.05, 0.1) is 0 Å². The first-order valence-electron chi connectivity index (χ1n) is 1.07. The van der Waals surface area contributed by atoms with Gasteiger partial charge in [0.15, 0.2) is 0 Å². The molecular weight excluding hydrogens is 110 g/mol. The van der Waals surface area contributed by atoms with Crippen LogP contribution in [0.1, 0.15) is 0 Å². The molecule has 0 aromatic rings. The van der Waals surface area contributed by atoms with Crippen molar-refractivity contribution >= 4 is 13.8 Å². The summed E-state index contributed by atoms with van der Waals surface area (Å²) in [7, 11) is -3.51. The second kappa shape index (κ2) is 2.05. The van der Waals surface area contributed by atoms with E-state index in [1.54, 1.807) is 0 Å². The van der Waals surface area contributed by atoms with E-state index < -0.39 is 13.8 Å². The van der Waals surface area contributed by atoms with Crippen LogP contribution in [-0.4, -0.2) is 10.7 Å². The number of hydrogen-bond acceptors (Lipinski definition) is 2. The molecule has 0 rings (SSSR count). The van der Waals surface area contributed by atoms with Crippen molar-refractivity contribution < 1.29 is 18.6 Å². The zero-order valence-corrected chi connectivity index (χ0v) is 3.64. The number of halogens is 1. The van der Waals surface area contributed by atoms with Gasteiger partial charge in [-0.15, -0.1) is 0 Å². The molecule has 1 N–H and O–H groups in total. The molecule has 0 aliphatic heterocycles. The second-order valence-electron chi connectivity index (χ2n) is 0.579. The maximum Gasteiger partial charge on any atom is 0.381 e. The lowest BCUT2D eigenvalue weighted by Crippen LogP contribution is -1.67. The Balaban J connectivity index is 3.57. The summed E-state index contributed by atoms with van der Waals surface area (Å²) >= 11 is 0. The summed E-state index contributed by atoms with van der Waals surface area (Å²) in [4.78, 5) is 16.4. The Morgan fingerprint density at radius 3 is 2.00 bits per heavy atom. The van der Waals surface area contributed by atoms with E-state index in [0.29, 0.717) is 0 Å². The van der Waals surface area contributed by atoms with Crippen LogP contribution in [0.4, 0.5) is 9.18 Å². The van der Waals surface area contributed by atoms with E-state index in [4.69, 9.17) is 14.3 Å². The second-order valence-corrected chi connectivity index (χ2v) is 1.58. The van der Waals surface area contributed by atoms with Crippen LogP contribution in [0, 0.1) is 0 Å². The molecular formula is CH2FO3P. The molecule has 0 saturated heterocycles. The summed E-state index contributed by atoms with van der Waals surface area (Å²) in [6.07, 6.45) is 0. The Morgan fingerprint density at radius 2 is 2.00 bits per heavy atom. The first-order valence-corrected chi connectivity index (χ1v) is 2.43. The lowest BCUT2D eigenvalue weighted by Gasteiger charge is -1.71. The Kier molecular flexibility index (Phi) is 1.98. The van der Waals surface area contributed by atoms with Gasteiger partial charge in [0.1, 0.15) is 0 Å². The first-order chi connectivity index (χ1) is 2.64. The van der Waals surface area contributed by atoms with Crippen LogP contribution in [0.25, 0.3) is 0 Å². The summed E-state index contributed by atoms with van der Waals surface area (Å²) in [5, 5.41) is 0. The highest BCUT2D eigenvalue weighted by Crippen LogP contribution is 2.14. The molecule has 0 amide bonds. The van der Waals surface area contributed by atoms with Gasteiger partial charge in [0, 0.05) is 0 Å². The summed E-state index contributed by atoms with van der Waals surface area (Å²) in [5.41, 5.74) is 0. The smallest absolute Gasteiger partial charge is 0.339 e. The van der Waals surface area contributed by atoms with Crippen LogP contribution >= 0.6 is 8.03 Å². The molecule has 1 unspecified atom stereocenters. The maximum atomic E-state index is 10.7. The predicted octanol–water partition coefficient (Wildman–Crippen LogP) is 0.543. The lowest BCUT2D eigenvalue weighted by molar-refractivity contribution is 0.240. The first kappa shape index (κ1) is 5.79. The molecule has 0 aromatic carbocycles. The Labute approximate surface area is 33.7 Å². The molecule has 0 radical (unpaired) electrons. The molecule has 0 saturated carbocycles. The fourth-order valence-corrected chi connectivity index (χ4v) is 0. The van der Waals surface area contributed by atoms with Gasteiger partial charge in [-0.2, -0.15) is 4.39 Å². The van der Waals surface area contributed by atoms with Crippen molar-refractivity contribution in [3.63, 3.8) is 0 Å². The minimum Gasteiger partial charge on any atom is -0.339 e. The summed E-state index contributed by atoms with van der Waals surface area (Å²) in [6, 6.07) is 0. The van der Waals surface area contributed by atoms with Crippen molar-refractivity contribution in [1.82, 2.24) is 0 Å². The maximum absolute atomic E-state index is 10.7. The third-order valence-corrected chi connectivity index (χ3v) is 0.504. The van der Waals surface area contributed by atoms with E-state index in [2.05, 4.69) is 0 Å². The molecule has 0 heterocycles. The Hall–Kier alpha value is -0.210. The van der Waals surface area contributed by atoms with Crippen LogP contribution in [0.15, 0.2) is 0 Å². The van der Waals surface area contributed by atoms with Crippen molar-refractivity contribution in [2.24, 2.45) is 0 Å². The van der Waals surface area contributed by atoms with Crippen molar-refractivity contribution in [1.29, 1.82) is 0 Å². The third kappa shape index (κ3) is 2.05. The van der Waals surface area contributed by atoms with Crippen LogP contribution in [0.2, 0.25) is 0 Å². The van der Waals surface area contributed by atoms with Gasteiger partial charge in [-0.3, -0.25) is 4.57 Å². The zero-order chi connectivity index (χ0) is 5.15. The molecule has 6 heavy (non-hydrogen) atoms. The molecule has 3 nitrogen and oxygen atoms in total. The minimum absolute atomic E-state index is 2.14. The van der Waals surface area contributed by atoms with E-state index in [-0.39, 0.29) is 0 Å². The zero-order valence-electron chi connectivity index (χ0n) is 2.64. The van der Waals surface area contributed by atoms with Crippen LogP contribution in [0.5, 0.6) is 0 Å². The van der Waals surface area contributed by atoms with Crippen molar-refractivity contribution in [3.8, 4) is 0 Å². The quantitative estimate of drug-likeness (QED) is 0.398.